The first kappa shape index (κ1) is 23.8. The molecule has 2 N–H and O–H groups in total. The van der Waals surface area contributed by atoms with Crippen LogP contribution in [0.25, 0.3) is 0 Å². The van der Waals surface area contributed by atoms with Crippen LogP contribution in [0.2, 0.25) is 0 Å². The number of carboxylic acid groups (broad SMARTS) is 1. The van der Waals surface area contributed by atoms with Crippen molar-refractivity contribution in [1.82, 2.24) is 15.1 Å². The fourth-order valence-corrected chi connectivity index (χ4v) is 5.96. The molecule has 0 aromatic carbocycles. The number of furan rings is 1. The molecule has 4 atom stereocenters. The lowest BCUT2D eigenvalue weighted by molar-refractivity contribution is -0.134. The largest absolute Gasteiger partial charge is 0.481 e. The van der Waals surface area contributed by atoms with E-state index in [1.807, 2.05) is 11.8 Å². The number of ether oxygens (including phenoxy) is 1. The SMILES string of the molecule is CC(=O)O.Cc1ccoc1C(=O)NC[C@H]1[C@H]2CN(C(=O)CN3CCCCC3)C[C@]23CC[C@H]1O3. The van der Waals surface area contributed by atoms with E-state index < -0.39 is 5.97 Å². The molecular formula is C24H35N3O6. The van der Waals surface area contributed by atoms with Gasteiger partial charge in [0.05, 0.1) is 31.1 Å². The van der Waals surface area contributed by atoms with Gasteiger partial charge < -0.3 is 24.5 Å². The first-order valence-electron chi connectivity index (χ1n) is 12.0. The maximum atomic E-state index is 12.9. The summed E-state index contributed by atoms with van der Waals surface area (Å²) in [6.45, 7) is 7.60. The average Bonchev–Trinajstić information content (AvgIpc) is 3.52. The Labute approximate surface area is 194 Å². The van der Waals surface area contributed by atoms with Crippen molar-refractivity contribution in [3.63, 3.8) is 0 Å². The van der Waals surface area contributed by atoms with Crippen molar-refractivity contribution >= 4 is 17.8 Å². The van der Waals surface area contributed by atoms with Gasteiger partial charge >= 0.3 is 0 Å². The van der Waals surface area contributed by atoms with E-state index in [1.165, 1.54) is 19.3 Å². The average molecular weight is 462 g/mol. The molecule has 0 aliphatic carbocycles. The van der Waals surface area contributed by atoms with E-state index in [1.54, 1.807) is 12.3 Å². The number of hydrogen-bond donors (Lipinski definition) is 2. The maximum Gasteiger partial charge on any atom is 0.300 e. The predicted octanol–water partition coefficient (Wildman–Crippen LogP) is 1.90. The smallest absolute Gasteiger partial charge is 0.300 e. The molecule has 5 heterocycles. The number of piperidine rings is 1. The van der Waals surface area contributed by atoms with Crippen LogP contribution in [-0.4, -0.2) is 83.7 Å². The van der Waals surface area contributed by atoms with Crippen LogP contribution in [0, 0.1) is 18.8 Å². The molecule has 2 bridgehead atoms. The van der Waals surface area contributed by atoms with Crippen molar-refractivity contribution in [3.8, 4) is 0 Å². The highest BCUT2D eigenvalue weighted by Crippen LogP contribution is 2.54. The van der Waals surface area contributed by atoms with Crippen molar-refractivity contribution in [3.05, 3.63) is 23.7 Å². The number of likely N-dealkylation sites (tertiary alicyclic amines) is 2. The van der Waals surface area contributed by atoms with Crippen molar-refractivity contribution in [2.24, 2.45) is 11.8 Å². The molecule has 0 radical (unpaired) electrons. The Kier molecular flexibility index (Phi) is 7.09. The number of carboxylic acids is 1. The summed E-state index contributed by atoms with van der Waals surface area (Å²) in [5.41, 5.74) is 0.650. The number of fused-ring (bicyclic) bond motifs is 1. The number of carbonyl (C=O) groups is 3. The van der Waals surface area contributed by atoms with Crippen molar-refractivity contribution < 1.29 is 28.6 Å². The Morgan fingerprint density at radius 3 is 2.64 bits per heavy atom. The molecule has 5 rings (SSSR count). The van der Waals surface area contributed by atoms with Gasteiger partial charge in [0.1, 0.15) is 0 Å². The van der Waals surface area contributed by atoms with Crippen LogP contribution in [-0.2, 0) is 14.3 Å². The second-order valence-corrected chi connectivity index (χ2v) is 9.80. The summed E-state index contributed by atoms with van der Waals surface area (Å²) in [4.78, 5) is 38.7. The molecule has 182 valence electrons. The number of nitrogens with zero attached hydrogens (tertiary/aromatic N) is 2. The van der Waals surface area contributed by atoms with Crippen molar-refractivity contribution in [2.75, 3.05) is 39.3 Å². The summed E-state index contributed by atoms with van der Waals surface area (Å²) in [7, 11) is 0. The van der Waals surface area contributed by atoms with Gasteiger partial charge in [0, 0.05) is 37.4 Å². The Bertz CT molecular complexity index is 875. The van der Waals surface area contributed by atoms with Crippen LogP contribution in [0.15, 0.2) is 16.7 Å². The summed E-state index contributed by atoms with van der Waals surface area (Å²) in [6, 6.07) is 1.80. The third-order valence-corrected chi connectivity index (χ3v) is 7.51. The second-order valence-electron chi connectivity index (χ2n) is 9.80. The first-order valence-corrected chi connectivity index (χ1v) is 12.0. The van der Waals surface area contributed by atoms with Gasteiger partial charge in [-0.3, -0.25) is 19.3 Å². The summed E-state index contributed by atoms with van der Waals surface area (Å²) in [5.74, 6) is 0.186. The van der Waals surface area contributed by atoms with Gasteiger partial charge in [-0.25, -0.2) is 0 Å². The van der Waals surface area contributed by atoms with E-state index in [0.717, 1.165) is 45.0 Å². The van der Waals surface area contributed by atoms with Gasteiger partial charge in [0.25, 0.3) is 11.9 Å². The quantitative estimate of drug-likeness (QED) is 0.689. The molecule has 1 aromatic heterocycles. The zero-order valence-corrected chi connectivity index (χ0v) is 19.5. The Balaban J connectivity index is 0.000000601. The molecule has 9 heteroatoms. The molecule has 1 aromatic rings. The molecule has 9 nitrogen and oxygen atoms in total. The third-order valence-electron chi connectivity index (χ3n) is 7.51. The van der Waals surface area contributed by atoms with E-state index in [4.69, 9.17) is 19.1 Å². The molecule has 0 saturated carbocycles. The summed E-state index contributed by atoms with van der Waals surface area (Å²) < 4.78 is 11.7. The minimum absolute atomic E-state index is 0.166. The molecule has 0 unspecified atom stereocenters. The number of aryl methyl sites for hydroxylation is 1. The van der Waals surface area contributed by atoms with Gasteiger partial charge in [-0.1, -0.05) is 6.42 Å². The lowest BCUT2D eigenvalue weighted by Gasteiger charge is -2.29. The van der Waals surface area contributed by atoms with E-state index in [0.29, 0.717) is 31.3 Å². The molecule has 4 aliphatic rings. The maximum absolute atomic E-state index is 12.9. The van der Waals surface area contributed by atoms with E-state index in [2.05, 4.69) is 10.2 Å². The standard InChI is InChI=1S/C22H31N3O4.C2H4O2/c1-15-6-10-28-20(15)21(27)23-11-16-17-12-25(14-22(17)7-5-18(16)29-22)19(26)13-24-8-3-2-4-9-24;1-2(3)4/h6,10,16-18H,2-5,7-9,11-14H2,1H3,(H,23,27);1H3,(H,3,4)/t16-,17+,18+,22+;/m0./s1. The number of nitrogens with one attached hydrogen (secondary N) is 1. The first-order chi connectivity index (χ1) is 15.8. The number of rotatable bonds is 5. The van der Waals surface area contributed by atoms with E-state index >= 15 is 0 Å². The van der Waals surface area contributed by atoms with Crippen LogP contribution in [0.5, 0.6) is 0 Å². The summed E-state index contributed by atoms with van der Waals surface area (Å²) in [5, 5.41) is 10.5. The van der Waals surface area contributed by atoms with Gasteiger partial charge in [-0.05, 0) is 51.8 Å². The fourth-order valence-electron chi connectivity index (χ4n) is 5.96. The van der Waals surface area contributed by atoms with Crippen LogP contribution in [0.4, 0.5) is 0 Å². The molecular weight excluding hydrogens is 426 g/mol. The topological polar surface area (TPSA) is 112 Å². The second kappa shape index (κ2) is 9.85. The lowest BCUT2D eigenvalue weighted by Crippen LogP contribution is -2.43. The number of amides is 2. The predicted molar refractivity (Wildman–Crippen MR) is 120 cm³/mol. The van der Waals surface area contributed by atoms with Gasteiger partial charge in [0.2, 0.25) is 5.91 Å². The van der Waals surface area contributed by atoms with Gasteiger partial charge in [-0.15, -0.1) is 0 Å². The lowest BCUT2D eigenvalue weighted by atomic mass is 9.73. The number of aliphatic carboxylic acids is 1. The van der Waals surface area contributed by atoms with Gasteiger partial charge in [0.15, 0.2) is 5.76 Å². The van der Waals surface area contributed by atoms with Crippen LogP contribution in [0.3, 0.4) is 0 Å². The highest BCUT2D eigenvalue weighted by molar-refractivity contribution is 5.92. The monoisotopic (exact) mass is 461 g/mol. The van der Waals surface area contributed by atoms with Crippen LogP contribution < -0.4 is 5.32 Å². The van der Waals surface area contributed by atoms with E-state index in [-0.39, 0.29) is 29.4 Å². The Hall–Kier alpha value is -2.39. The third kappa shape index (κ3) is 5.09. The molecule has 1 spiro atoms. The highest BCUT2D eigenvalue weighted by atomic mass is 16.5. The Morgan fingerprint density at radius 1 is 1.24 bits per heavy atom. The normalized spacial score (nSPS) is 30.5. The molecule has 2 amide bonds. The van der Waals surface area contributed by atoms with Crippen molar-refractivity contribution in [1.29, 1.82) is 0 Å². The van der Waals surface area contributed by atoms with Crippen LogP contribution in [0.1, 0.15) is 55.1 Å². The zero-order chi connectivity index (χ0) is 23.6. The fraction of sp³-hybridized carbons (Fsp3) is 0.708. The molecule has 4 fully saturated rings. The highest BCUT2D eigenvalue weighted by Gasteiger charge is 2.63. The number of carbonyl (C=O) groups excluding carboxylic acids is 2. The molecule has 33 heavy (non-hydrogen) atoms. The van der Waals surface area contributed by atoms with E-state index in [9.17, 15) is 9.59 Å². The summed E-state index contributed by atoms with van der Waals surface area (Å²) in [6.07, 6.45) is 7.45. The van der Waals surface area contributed by atoms with Crippen LogP contribution >= 0.6 is 0 Å². The van der Waals surface area contributed by atoms with Gasteiger partial charge in [-0.2, -0.15) is 0 Å². The molecule has 4 saturated heterocycles. The minimum atomic E-state index is -0.833. The minimum Gasteiger partial charge on any atom is -0.481 e. The Morgan fingerprint density at radius 2 is 1.97 bits per heavy atom. The summed E-state index contributed by atoms with van der Waals surface area (Å²) >= 11 is 0. The zero-order valence-electron chi connectivity index (χ0n) is 19.5. The number of hydrogen-bond acceptors (Lipinski definition) is 6. The van der Waals surface area contributed by atoms with Crippen molar-refractivity contribution in [2.45, 2.75) is 57.7 Å². The molecule has 4 aliphatic heterocycles.